The molecular weight excluding hydrogens is 438 g/mol. The number of benzene rings is 3. The average molecular weight is 461 g/mol. The number of phenolic OH excluding ortho intramolecular Hbond substituents is 1. The summed E-state index contributed by atoms with van der Waals surface area (Å²) in [6.07, 6.45) is 1.25. The minimum Gasteiger partial charge on any atom is -0.507 e. The molecular formula is C24H23N5O5. The molecule has 0 aromatic heterocycles. The van der Waals surface area contributed by atoms with Crippen molar-refractivity contribution in [3.8, 4) is 11.5 Å². The second kappa shape index (κ2) is 10.8. The van der Waals surface area contributed by atoms with Gasteiger partial charge in [-0.3, -0.25) is 14.9 Å². The van der Waals surface area contributed by atoms with Crippen LogP contribution in [-0.4, -0.2) is 28.8 Å². The van der Waals surface area contributed by atoms with Crippen molar-refractivity contribution in [1.82, 2.24) is 5.43 Å². The van der Waals surface area contributed by atoms with Crippen molar-refractivity contribution in [2.75, 3.05) is 6.61 Å². The summed E-state index contributed by atoms with van der Waals surface area (Å²) in [7, 11) is 0. The minimum atomic E-state index is -0.629. The van der Waals surface area contributed by atoms with E-state index in [9.17, 15) is 20.0 Å². The molecule has 174 valence electrons. The minimum absolute atomic E-state index is 0.0193. The molecule has 0 aliphatic carbocycles. The molecule has 1 amide bonds. The van der Waals surface area contributed by atoms with Gasteiger partial charge in [0.15, 0.2) is 12.4 Å². The lowest BCUT2D eigenvalue weighted by Gasteiger charge is -2.06. The molecule has 0 bridgehead atoms. The summed E-state index contributed by atoms with van der Waals surface area (Å²) in [4.78, 5) is 22.5. The standard InChI is InChI=1S/C24H23N5O5/c1-15-4-9-23(21(10-15)29(32)33)34-14-24(31)28-25-13-18-12-20(7-8-22(18)30)27-26-19-6-5-16(2)17(3)11-19/h4-13,30H,14H2,1-3H3,(H,28,31). The molecule has 0 radical (unpaired) electrons. The predicted octanol–water partition coefficient (Wildman–Crippen LogP) is 5.17. The highest BCUT2D eigenvalue weighted by Crippen LogP contribution is 2.28. The monoisotopic (exact) mass is 461 g/mol. The van der Waals surface area contributed by atoms with Crippen LogP contribution in [0.5, 0.6) is 11.5 Å². The number of hydrazone groups is 1. The smallest absolute Gasteiger partial charge is 0.311 e. The molecule has 0 unspecified atom stereocenters. The second-order valence-electron chi connectivity index (χ2n) is 7.52. The number of hydrogen-bond donors (Lipinski definition) is 2. The van der Waals surface area contributed by atoms with Gasteiger partial charge in [0.25, 0.3) is 5.91 Å². The summed E-state index contributed by atoms with van der Waals surface area (Å²) in [6.45, 7) is 5.24. The highest BCUT2D eigenvalue weighted by molar-refractivity contribution is 5.86. The zero-order valence-electron chi connectivity index (χ0n) is 18.8. The molecule has 3 aromatic carbocycles. The van der Waals surface area contributed by atoms with Gasteiger partial charge >= 0.3 is 5.69 Å². The summed E-state index contributed by atoms with van der Waals surface area (Å²) in [5.41, 5.74) is 6.48. The van der Waals surface area contributed by atoms with Crippen LogP contribution in [0.15, 0.2) is 69.9 Å². The number of aryl methyl sites for hydroxylation is 3. The normalized spacial score (nSPS) is 11.1. The van der Waals surface area contributed by atoms with Crippen molar-refractivity contribution in [2.24, 2.45) is 15.3 Å². The average Bonchev–Trinajstić information content (AvgIpc) is 2.80. The number of nitrogens with one attached hydrogen (secondary N) is 1. The summed E-state index contributed by atoms with van der Waals surface area (Å²) >= 11 is 0. The number of rotatable bonds is 8. The van der Waals surface area contributed by atoms with Gasteiger partial charge in [0.05, 0.1) is 22.5 Å². The highest BCUT2D eigenvalue weighted by Gasteiger charge is 2.16. The lowest BCUT2D eigenvalue weighted by Crippen LogP contribution is -2.24. The molecule has 3 aromatic rings. The number of carbonyl (C=O) groups is 1. The summed E-state index contributed by atoms with van der Waals surface area (Å²) < 4.78 is 5.25. The van der Waals surface area contributed by atoms with Gasteiger partial charge in [0.2, 0.25) is 0 Å². The maximum atomic E-state index is 12.0. The summed E-state index contributed by atoms with van der Waals surface area (Å²) in [5.74, 6) is -0.708. The molecule has 0 atom stereocenters. The third-order valence-corrected chi connectivity index (χ3v) is 4.85. The predicted molar refractivity (Wildman–Crippen MR) is 127 cm³/mol. The van der Waals surface area contributed by atoms with Crippen molar-refractivity contribution in [1.29, 1.82) is 0 Å². The van der Waals surface area contributed by atoms with Gasteiger partial charge in [0.1, 0.15) is 5.75 Å². The molecule has 0 spiro atoms. The van der Waals surface area contributed by atoms with E-state index < -0.39 is 17.4 Å². The van der Waals surface area contributed by atoms with Gasteiger partial charge in [0, 0.05) is 11.6 Å². The van der Waals surface area contributed by atoms with Gasteiger partial charge in [-0.05, 0) is 73.9 Å². The van der Waals surface area contributed by atoms with E-state index in [1.165, 1.54) is 24.4 Å². The SMILES string of the molecule is Cc1ccc(OCC(=O)NN=Cc2cc(N=Nc3ccc(C)c(C)c3)ccc2O)c([N+](=O)[O-])c1. The number of amides is 1. The number of aromatic hydroxyl groups is 1. The zero-order valence-corrected chi connectivity index (χ0v) is 18.8. The van der Waals surface area contributed by atoms with Crippen LogP contribution in [0.25, 0.3) is 0 Å². The lowest BCUT2D eigenvalue weighted by molar-refractivity contribution is -0.385. The molecule has 2 N–H and O–H groups in total. The molecule has 0 fully saturated rings. The van der Waals surface area contributed by atoms with Crippen LogP contribution < -0.4 is 10.2 Å². The molecule has 0 saturated heterocycles. The fourth-order valence-electron chi connectivity index (χ4n) is 2.85. The first kappa shape index (κ1) is 24.1. The van der Waals surface area contributed by atoms with Crippen molar-refractivity contribution in [3.05, 3.63) is 87.0 Å². The van der Waals surface area contributed by atoms with Crippen LogP contribution in [-0.2, 0) is 4.79 Å². The Labute approximate surface area is 195 Å². The fourth-order valence-corrected chi connectivity index (χ4v) is 2.85. The molecule has 0 heterocycles. The zero-order chi connectivity index (χ0) is 24.7. The van der Waals surface area contributed by atoms with E-state index in [1.807, 2.05) is 32.0 Å². The van der Waals surface area contributed by atoms with Crippen LogP contribution in [0.2, 0.25) is 0 Å². The Morgan fingerprint density at radius 2 is 1.74 bits per heavy atom. The van der Waals surface area contributed by atoms with Crippen molar-refractivity contribution < 1.29 is 19.6 Å². The maximum Gasteiger partial charge on any atom is 0.311 e. The quantitative estimate of drug-likeness (QED) is 0.206. The van der Waals surface area contributed by atoms with Crippen molar-refractivity contribution in [3.63, 3.8) is 0 Å². The number of carbonyl (C=O) groups excluding carboxylic acids is 1. The molecule has 0 aliphatic rings. The first-order chi connectivity index (χ1) is 16.2. The molecule has 10 heteroatoms. The largest absolute Gasteiger partial charge is 0.507 e. The Hall–Kier alpha value is -4.60. The number of ether oxygens (including phenoxy) is 1. The Morgan fingerprint density at radius 1 is 1.03 bits per heavy atom. The van der Waals surface area contributed by atoms with Gasteiger partial charge in [-0.15, -0.1) is 0 Å². The van der Waals surface area contributed by atoms with Crippen LogP contribution in [0.4, 0.5) is 17.1 Å². The second-order valence-corrected chi connectivity index (χ2v) is 7.52. The van der Waals surface area contributed by atoms with Crippen LogP contribution in [0, 0.1) is 30.9 Å². The highest BCUT2D eigenvalue weighted by atomic mass is 16.6. The van der Waals surface area contributed by atoms with E-state index in [4.69, 9.17) is 4.74 Å². The third-order valence-electron chi connectivity index (χ3n) is 4.85. The maximum absolute atomic E-state index is 12.0. The molecule has 34 heavy (non-hydrogen) atoms. The summed E-state index contributed by atoms with van der Waals surface area (Å²) in [5, 5.41) is 33.3. The van der Waals surface area contributed by atoms with Crippen molar-refractivity contribution in [2.45, 2.75) is 20.8 Å². The van der Waals surface area contributed by atoms with E-state index >= 15 is 0 Å². The fraction of sp³-hybridized carbons (Fsp3) is 0.167. The van der Waals surface area contributed by atoms with E-state index in [1.54, 1.807) is 25.1 Å². The van der Waals surface area contributed by atoms with Crippen LogP contribution in [0.3, 0.4) is 0 Å². The molecule has 10 nitrogen and oxygen atoms in total. The molecule has 0 saturated carbocycles. The van der Waals surface area contributed by atoms with E-state index in [-0.39, 0.29) is 17.2 Å². The van der Waals surface area contributed by atoms with Gasteiger partial charge in [-0.1, -0.05) is 12.1 Å². The number of nitro benzene ring substituents is 1. The number of phenols is 1. The third kappa shape index (κ3) is 6.45. The van der Waals surface area contributed by atoms with E-state index in [0.717, 1.165) is 11.1 Å². The number of azo groups is 1. The van der Waals surface area contributed by atoms with E-state index in [2.05, 4.69) is 20.8 Å². The Bertz CT molecular complexity index is 1290. The Kier molecular flexibility index (Phi) is 7.65. The topological polar surface area (TPSA) is 139 Å². The Morgan fingerprint density at radius 3 is 2.44 bits per heavy atom. The summed E-state index contributed by atoms with van der Waals surface area (Å²) in [6, 6.07) is 14.8. The molecule has 0 aliphatic heterocycles. The Balaban J connectivity index is 1.61. The van der Waals surface area contributed by atoms with Crippen LogP contribution >= 0.6 is 0 Å². The molecule has 3 rings (SSSR count). The number of nitro groups is 1. The first-order valence-electron chi connectivity index (χ1n) is 10.2. The van der Waals surface area contributed by atoms with Gasteiger partial charge in [-0.2, -0.15) is 15.3 Å². The van der Waals surface area contributed by atoms with E-state index in [0.29, 0.717) is 22.5 Å². The lowest BCUT2D eigenvalue weighted by atomic mass is 10.1. The van der Waals surface area contributed by atoms with Gasteiger partial charge < -0.3 is 9.84 Å². The first-order valence-corrected chi connectivity index (χ1v) is 10.2. The van der Waals surface area contributed by atoms with Crippen molar-refractivity contribution >= 4 is 29.2 Å². The van der Waals surface area contributed by atoms with Gasteiger partial charge in [-0.25, -0.2) is 5.43 Å². The number of hydrogen-bond acceptors (Lipinski definition) is 8. The number of nitrogens with zero attached hydrogens (tertiary/aromatic N) is 4. The van der Waals surface area contributed by atoms with Crippen LogP contribution in [0.1, 0.15) is 22.3 Å².